The third kappa shape index (κ3) is 2.92. The van der Waals surface area contributed by atoms with Gasteiger partial charge in [-0.1, -0.05) is 37.5 Å². The fraction of sp³-hybridized carbons (Fsp3) is 0.429. The van der Waals surface area contributed by atoms with E-state index in [0.717, 1.165) is 19.3 Å². The second-order valence-corrected chi connectivity index (χ2v) is 6.23. The second kappa shape index (κ2) is 5.55. The van der Waals surface area contributed by atoms with Crippen molar-refractivity contribution in [3.05, 3.63) is 30.3 Å². The van der Waals surface area contributed by atoms with E-state index in [1.54, 1.807) is 30.3 Å². The lowest BCUT2D eigenvalue weighted by Crippen LogP contribution is -2.10. The van der Waals surface area contributed by atoms with Gasteiger partial charge in [0, 0.05) is 6.42 Å². The lowest BCUT2D eigenvalue weighted by atomic mass is 10.2. The predicted molar refractivity (Wildman–Crippen MR) is 69.6 cm³/mol. The maximum atomic E-state index is 12.1. The summed E-state index contributed by atoms with van der Waals surface area (Å²) in [6, 6.07) is 8.36. The summed E-state index contributed by atoms with van der Waals surface area (Å²) in [5, 5.41) is 0. The zero-order valence-electron chi connectivity index (χ0n) is 10.3. The van der Waals surface area contributed by atoms with Gasteiger partial charge in [-0.15, -0.1) is 5.92 Å². The second-order valence-electron chi connectivity index (χ2n) is 4.21. The van der Waals surface area contributed by atoms with Crippen molar-refractivity contribution in [2.75, 3.05) is 0 Å². The van der Waals surface area contributed by atoms with Crippen molar-refractivity contribution in [1.29, 1.82) is 0 Å². The van der Waals surface area contributed by atoms with Gasteiger partial charge < -0.3 is 4.74 Å². The smallest absolute Gasteiger partial charge is 0.208 e. The fourth-order valence-corrected chi connectivity index (χ4v) is 3.08. The monoisotopic (exact) mass is 264 g/mol. The van der Waals surface area contributed by atoms with Crippen molar-refractivity contribution in [2.24, 2.45) is 0 Å². The summed E-state index contributed by atoms with van der Waals surface area (Å²) >= 11 is 0. The number of ether oxygens (including phenoxy) is 1. The molecule has 0 spiro atoms. The molecule has 1 saturated heterocycles. The highest BCUT2D eigenvalue weighted by molar-refractivity contribution is 7.92. The van der Waals surface area contributed by atoms with Gasteiger partial charge in [0.2, 0.25) is 15.3 Å². The molecule has 1 aromatic rings. The first-order valence-corrected chi connectivity index (χ1v) is 7.63. The van der Waals surface area contributed by atoms with Crippen LogP contribution in [0.1, 0.15) is 26.2 Å². The third-order valence-corrected chi connectivity index (χ3v) is 4.63. The summed E-state index contributed by atoms with van der Waals surface area (Å²) in [5.74, 6) is 5.83. The Morgan fingerprint density at radius 3 is 2.67 bits per heavy atom. The molecule has 0 aromatic heterocycles. The topological polar surface area (TPSA) is 46.7 Å². The van der Waals surface area contributed by atoms with Gasteiger partial charge in [0.1, 0.15) is 0 Å². The molecule has 0 radical (unpaired) electrons. The Morgan fingerprint density at radius 2 is 2.00 bits per heavy atom. The maximum absolute atomic E-state index is 12.1. The van der Waals surface area contributed by atoms with E-state index in [9.17, 15) is 8.42 Å². The largest absolute Gasteiger partial charge is 0.338 e. The van der Waals surface area contributed by atoms with Crippen molar-refractivity contribution >= 4 is 9.84 Å². The quantitative estimate of drug-likeness (QED) is 0.476. The van der Waals surface area contributed by atoms with E-state index in [2.05, 4.69) is 18.8 Å². The normalized spacial score (nSPS) is 22.1. The average molecular weight is 264 g/mol. The predicted octanol–water partition coefficient (Wildman–Crippen LogP) is 2.38. The molecular formula is C14H16O3S. The summed E-state index contributed by atoms with van der Waals surface area (Å²) in [6.45, 7) is 2.10. The van der Waals surface area contributed by atoms with E-state index in [1.807, 2.05) is 0 Å². The molecule has 0 unspecified atom stereocenters. The number of hydrogen-bond donors (Lipinski definition) is 0. The van der Waals surface area contributed by atoms with Crippen LogP contribution in [0.4, 0.5) is 0 Å². The Balaban J connectivity index is 2.00. The van der Waals surface area contributed by atoms with Crippen LogP contribution in [0.2, 0.25) is 0 Å². The summed E-state index contributed by atoms with van der Waals surface area (Å²) < 4.78 is 29.4. The summed E-state index contributed by atoms with van der Waals surface area (Å²) in [7, 11) is -3.38. The Kier molecular flexibility index (Phi) is 4.05. The van der Waals surface area contributed by atoms with Crippen LogP contribution in [-0.2, 0) is 14.6 Å². The molecule has 1 aliphatic heterocycles. The van der Waals surface area contributed by atoms with Crippen LogP contribution in [0.3, 0.4) is 0 Å². The van der Waals surface area contributed by atoms with Crippen molar-refractivity contribution < 1.29 is 13.2 Å². The van der Waals surface area contributed by atoms with E-state index in [0.29, 0.717) is 4.90 Å². The molecule has 3 nitrogen and oxygen atoms in total. The van der Waals surface area contributed by atoms with Gasteiger partial charge in [-0.25, -0.2) is 8.42 Å². The fourth-order valence-electron chi connectivity index (χ4n) is 1.62. The molecule has 1 aliphatic rings. The molecule has 0 bridgehead atoms. The number of sulfone groups is 1. The van der Waals surface area contributed by atoms with E-state index >= 15 is 0 Å². The number of hydrogen-bond acceptors (Lipinski definition) is 3. The van der Waals surface area contributed by atoms with Crippen molar-refractivity contribution in [3.8, 4) is 11.8 Å². The Morgan fingerprint density at radius 1 is 1.28 bits per heavy atom. The molecule has 96 valence electrons. The molecule has 0 amide bonds. The Hall–Kier alpha value is -1.31. The van der Waals surface area contributed by atoms with Crippen molar-refractivity contribution in [3.63, 3.8) is 0 Å². The maximum Gasteiger partial charge on any atom is 0.208 e. The van der Waals surface area contributed by atoms with Gasteiger partial charge in [-0.05, 0) is 18.6 Å². The molecule has 0 saturated carbocycles. The first-order valence-electron chi connectivity index (χ1n) is 6.09. The van der Waals surface area contributed by atoms with E-state index < -0.39 is 21.4 Å². The highest BCUT2D eigenvalue weighted by Crippen LogP contribution is 2.31. The average Bonchev–Trinajstić information content (AvgIpc) is 3.16. The summed E-state index contributed by atoms with van der Waals surface area (Å²) in [6.07, 6.45) is 2.48. The number of rotatable bonds is 4. The molecule has 0 N–H and O–H groups in total. The zero-order chi connectivity index (χ0) is 13.0. The molecule has 1 heterocycles. The van der Waals surface area contributed by atoms with E-state index in [-0.39, 0.29) is 0 Å². The van der Waals surface area contributed by atoms with Crippen LogP contribution < -0.4 is 0 Å². The van der Waals surface area contributed by atoms with Crippen LogP contribution in [-0.4, -0.2) is 20.0 Å². The summed E-state index contributed by atoms with van der Waals surface area (Å²) in [4.78, 5) is 0.299. The zero-order valence-corrected chi connectivity index (χ0v) is 11.1. The molecular weight excluding hydrogens is 248 g/mol. The Bertz CT molecular complexity index is 552. The van der Waals surface area contributed by atoms with Gasteiger partial charge in [0.05, 0.1) is 4.90 Å². The van der Waals surface area contributed by atoms with Gasteiger partial charge in [-0.3, -0.25) is 0 Å². The van der Waals surface area contributed by atoms with E-state index in [4.69, 9.17) is 4.74 Å². The van der Waals surface area contributed by atoms with Crippen LogP contribution in [0, 0.1) is 11.8 Å². The third-order valence-electron chi connectivity index (χ3n) is 2.73. The van der Waals surface area contributed by atoms with Crippen LogP contribution in [0.25, 0.3) is 0 Å². The Labute approximate surface area is 108 Å². The van der Waals surface area contributed by atoms with Crippen LogP contribution >= 0.6 is 0 Å². The van der Waals surface area contributed by atoms with Crippen molar-refractivity contribution in [1.82, 2.24) is 0 Å². The first kappa shape index (κ1) is 13.1. The number of epoxide rings is 1. The van der Waals surface area contributed by atoms with Gasteiger partial charge in [0.25, 0.3) is 0 Å². The number of benzene rings is 1. The highest BCUT2D eigenvalue weighted by atomic mass is 32.2. The van der Waals surface area contributed by atoms with Gasteiger partial charge >= 0.3 is 0 Å². The highest BCUT2D eigenvalue weighted by Gasteiger charge is 2.49. The SMILES string of the molecule is CCCCC#C[C@@H]1O[C@H]1S(=O)(=O)c1ccccc1. The molecule has 0 aliphatic carbocycles. The molecule has 1 fully saturated rings. The minimum Gasteiger partial charge on any atom is -0.338 e. The molecule has 18 heavy (non-hydrogen) atoms. The molecule has 1 aromatic carbocycles. The van der Waals surface area contributed by atoms with Crippen LogP contribution in [0.15, 0.2) is 35.2 Å². The molecule has 2 rings (SSSR count). The number of unbranched alkanes of at least 4 members (excludes halogenated alkanes) is 2. The molecule has 2 atom stereocenters. The minimum absolute atomic E-state index is 0.299. The standard InChI is InChI=1S/C14H16O3S/c1-2-3-4-8-11-13-14(17-13)18(15,16)12-9-6-5-7-10-12/h5-7,9-10,13-14H,2-4H2,1H3/t13-,14-/m0/s1. The first-order chi connectivity index (χ1) is 8.66. The molecule has 4 heteroatoms. The van der Waals surface area contributed by atoms with Crippen LogP contribution in [0.5, 0.6) is 0 Å². The lowest BCUT2D eigenvalue weighted by molar-refractivity contribution is 0.422. The minimum atomic E-state index is -3.38. The van der Waals surface area contributed by atoms with Gasteiger partial charge in [-0.2, -0.15) is 0 Å². The van der Waals surface area contributed by atoms with Crippen molar-refractivity contribution in [2.45, 2.75) is 42.6 Å². The van der Waals surface area contributed by atoms with Gasteiger partial charge in [0.15, 0.2) is 6.10 Å². The lowest BCUT2D eigenvalue weighted by Gasteiger charge is -1.98. The van der Waals surface area contributed by atoms with E-state index in [1.165, 1.54) is 0 Å². The summed E-state index contributed by atoms with van der Waals surface area (Å²) in [5.41, 5.74) is -0.783.